The van der Waals surface area contributed by atoms with Crippen LogP contribution in [0.25, 0.3) is 0 Å². The first-order valence-corrected chi connectivity index (χ1v) is 11.4. The average molecular weight is 577 g/mol. The summed E-state index contributed by atoms with van der Waals surface area (Å²) in [4.78, 5) is 14.2. The number of nitrogens with zero attached hydrogens (tertiary/aromatic N) is 5. The highest BCUT2D eigenvalue weighted by Crippen LogP contribution is 2.33. The van der Waals surface area contributed by atoms with Crippen LogP contribution in [-0.2, 0) is 10.9 Å². The van der Waals surface area contributed by atoms with Crippen molar-refractivity contribution >= 4 is 29.7 Å². The molecule has 2 heterocycles. The number of hydrazone groups is 1. The van der Waals surface area contributed by atoms with Gasteiger partial charge in [0.25, 0.3) is 0 Å². The number of alkyl halides is 7. The van der Waals surface area contributed by atoms with Gasteiger partial charge in [-0.05, 0) is 35.9 Å². The summed E-state index contributed by atoms with van der Waals surface area (Å²) in [5, 5.41) is 6.47. The molecular weight excluding hydrogens is 558 g/mol. The predicted octanol–water partition coefficient (Wildman–Crippen LogP) is 5.29. The van der Waals surface area contributed by atoms with Crippen molar-refractivity contribution in [1.29, 1.82) is 0 Å². The molecule has 40 heavy (non-hydrogen) atoms. The van der Waals surface area contributed by atoms with Gasteiger partial charge in [-0.1, -0.05) is 12.1 Å². The molecule has 0 spiro atoms. The Bertz CT molecular complexity index is 1350. The normalized spacial score (nSPS) is 14.6. The quantitative estimate of drug-likeness (QED) is 0.201. The number of halogens is 8. The maximum atomic E-state index is 13.7. The van der Waals surface area contributed by atoms with Crippen LogP contribution in [0.2, 0.25) is 0 Å². The first kappa shape index (κ1) is 28.7. The Morgan fingerprint density at radius 2 is 1.70 bits per heavy atom. The molecule has 0 atom stereocenters. The second-order valence-corrected chi connectivity index (χ2v) is 8.11. The van der Waals surface area contributed by atoms with Crippen LogP contribution >= 0.6 is 0 Å². The molecule has 1 aromatic heterocycles. The lowest BCUT2D eigenvalue weighted by atomic mass is 10.2. The van der Waals surface area contributed by atoms with Gasteiger partial charge in [-0.25, -0.2) is 9.82 Å². The van der Waals surface area contributed by atoms with E-state index in [9.17, 15) is 35.1 Å². The number of anilines is 4. The third-order valence-corrected chi connectivity index (χ3v) is 5.19. The van der Waals surface area contributed by atoms with Gasteiger partial charge < -0.3 is 19.7 Å². The largest absolute Gasteiger partial charge is 0.461 e. The van der Waals surface area contributed by atoms with Gasteiger partial charge in [-0.2, -0.15) is 50.8 Å². The SMILES string of the molecule is Fc1ccc(Nc2nc(N/N=C/c3cccc(OC(F)(F)C(F)F)c3)nc(N3CCOCC3)n2)cc1C(F)(F)F. The molecule has 0 bridgehead atoms. The fourth-order valence-corrected chi connectivity index (χ4v) is 3.35. The van der Waals surface area contributed by atoms with E-state index in [0.29, 0.717) is 38.4 Å². The molecule has 0 amide bonds. The molecule has 2 aromatic carbocycles. The van der Waals surface area contributed by atoms with Crippen LogP contribution in [0, 0.1) is 5.82 Å². The summed E-state index contributed by atoms with van der Waals surface area (Å²) in [7, 11) is 0. The zero-order chi connectivity index (χ0) is 28.9. The number of morpholine rings is 1. The van der Waals surface area contributed by atoms with Gasteiger partial charge in [0.1, 0.15) is 11.6 Å². The van der Waals surface area contributed by atoms with E-state index in [1.54, 1.807) is 4.90 Å². The monoisotopic (exact) mass is 577 g/mol. The second kappa shape index (κ2) is 11.8. The number of rotatable bonds is 9. The highest BCUT2D eigenvalue weighted by molar-refractivity contribution is 5.80. The molecule has 17 heteroatoms. The minimum absolute atomic E-state index is 0.126. The van der Waals surface area contributed by atoms with E-state index in [1.807, 2.05) is 0 Å². The smallest absolute Gasteiger partial charge is 0.428 e. The van der Waals surface area contributed by atoms with E-state index in [4.69, 9.17) is 4.74 Å². The number of hydrogen-bond donors (Lipinski definition) is 2. The molecule has 2 N–H and O–H groups in total. The third-order valence-electron chi connectivity index (χ3n) is 5.19. The Kier molecular flexibility index (Phi) is 8.51. The Hall–Kier alpha value is -4.28. The van der Waals surface area contributed by atoms with Gasteiger partial charge in [0.05, 0.1) is 25.0 Å². The molecule has 1 saturated heterocycles. The standard InChI is InChI=1S/C23H19F8N7O2/c24-17-5-4-14(11-16(17)22(27,28)29)33-19-34-20(36-21(35-19)38-6-8-39-9-7-38)37-32-12-13-2-1-3-15(10-13)40-23(30,31)18(25)26/h1-5,10-12,18H,6-9H2,(H2,33,34,35,36,37)/b32-12+. The van der Waals surface area contributed by atoms with Crippen LogP contribution in [0.5, 0.6) is 5.75 Å². The van der Waals surface area contributed by atoms with Crippen molar-refractivity contribution in [3.63, 3.8) is 0 Å². The van der Waals surface area contributed by atoms with E-state index in [0.717, 1.165) is 24.4 Å². The van der Waals surface area contributed by atoms with Gasteiger partial charge in [-0.15, -0.1) is 0 Å². The van der Waals surface area contributed by atoms with E-state index in [-0.39, 0.29) is 29.1 Å². The lowest BCUT2D eigenvalue weighted by Gasteiger charge is -2.27. The van der Waals surface area contributed by atoms with E-state index in [2.05, 4.69) is 35.5 Å². The number of ether oxygens (including phenoxy) is 2. The molecular formula is C23H19F8N7O2. The first-order chi connectivity index (χ1) is 18.9. The highest BCUT2D eigenvalue weighted by Gasteiger charge is 2.44. The maximum absolute atomic E-state index is 13.7. The Balaban J connectivity index is 1.56. The van der Waals surface area contributed by atoms with E-state index < -0.39 is 35.8 Å². The molecule has 214 valence electrons. The summed E-state index contributed by atoms with van der Waals surface area (Å²) in [5.41, 5.74) is 1.03. The number of aromatic nitrogens is 3. The van der Waals surface area contributed by atoms with Crippen molar-refractivity contribution in [2.45, 2.75) is 18.7 Å². The molecule has 1 aliphatic heterocycles. The fourth-order valence-electron chi connectivity index (χ4n) is 3.35. The minimum Gasteiger partial charge on any atom is -0.428 e. The lowest BCUT2D eigenvalue weighted by molar-refractivity contribution is -0.253. The van der Waals surface area contributed by atoms with E-state index >= 15 is 0 Å². The number of nitrogens with one attached hydrogen (secondary N) is 2. The van der Waals surface area contributed by atoms with Crippen LogP contribution in [-0.4, -0.2) is 60.0 Å². The van der Waals surface area contributed by atoms with E-state index in [1.165, 1.54) is 12.1 Å². The van der Waals surface area contributed by atoms with Crippen LogP contribution in [0.4, 0.5) is 58.7 Å². The molecule has 0 aliphatic carbocycles. The summed E-state index contributed by atoms with van der Waals surface area (Å²) >= 11 is 0. The Labute approximate surface area is 220 Å². The van der Waals surface area contributed by atoms with Crippen molar-refractivity contribution in [2.24, 2.45) is 5.10 Å². The number of benzene rings is 2. The van der Waals surface area contributed by atoms with Gasteiger partial charge in [0.2, 0.25) is 17.8 Å². The predicted molar refractivity (Wildman–Crippen MR) is 127 cm³/mol. The molecule has 1 fully saturated rings. The summed E-state index contributed by atoms with van der Waals surface area (Å²) < 4.78 is 114. The fraction of sp³-hybridized carbons (Fsp3) is 0.304. The summed E-state index contributed by atoms with van der Waals surface area (Å²) in [6.45, 7) is 1.53. The minimum atomic E-state index is -4.93. The topological polar surface area (TPSA) is 96.8 Å². The Morgan fingerprint density at radius 1 is 0.975 bits per heavy atom. The van der Waals surface area contributed by atoms with Crippen molar-refractivity contribution < 1.29 is 44.6 Å². The molecule has 0 saturated carbocycles. The van der Waals surface area contributed by atoms with Crippen molar-refractivity contribution in [2.75, 3.05) is 41.9 Å². The van der Waals surface area contributed by atoms with Crippen molar-refractivity contribution in [3.05, 3.63) is 59.4 Å². The molecule has 1 aliphatic rings. The molecule has 3 aromatic rings. The summed E-state index contributed by atoms with van der Waals surface area (Å²) in [6, 6.07) is 7.06. The average Bonchev–Trinajstić information content (AvgIpc) is 2.89. The third kappa shape index (κ3) is 7.43. The summed E-state index contributed by atoms with van der Waals surface area (Å²) in [6.07, 6.45) is -12.5. The summed E-state index contributed by atoms with van der Waals surface area (Å²) in [5.74, 6) is -2.22. The van der Waals surface area contributed by atoms with Gasteiger partial charge in [0.15, 0.2) is 0 Å². The van der Waals surface area contributed by atoms with Crippen molar-refractivity contribution in [3.8, 4) is 5.75 Å². The second-order valence-electron chi connectivity index (χ2n) is 8.11. The van der Waals surface area contributed by atoms with Crippen LogP contribution in [0.15, 0.2) is 47.6 Å². The van der Waals surface area contributed by atoms with Crippen LogP contribution in [0.3, 0.4) is 0 Å². The number of hydrogen-bond acceptors (Lipinski definition) is 9. The van der Waals surface area contributed by atoms with Gasteiger partial charge in [-0.3, -0.25) is 0 Å². The van der Waals surface area contributed by atoms with Crippen molar-refractivity contribution in [1.82, 2.24) is 15.0 Å². The zero-order valence-corrected chi connectivity index (χ0v) is 20.1. The maximum Gasteiger partial charge on any atom is 0.461 e. The van der Waals surface area contributed by atoms with Gasteiger partial charge >= 0.3 is 18.7 Å². The first-order valence-electron chi connectivity index (χ1n) is 11.4. The molecule has 9 nitrogen and oxygen atoms in total. The van der Waals surface area contributed by atoms with Crippen LogP contribution < -0.4 is 20.4 Å². The molecule has 4 rings (SSSR count). The lowest BCUT2D eigenvalue weighted by Crippen LogP contribution is -2.37. The van der Waals surface area contributed by atoms with Gasteiger partial charge in [0, 0.05) is 18.8 Å². The highest BCUT2D eigenvalue weighted by atomic mass is 19.4. The molecule has 0 radical (unpaired) electrons. The van der Waals surface area contributed by atoms with Crippen LogP contribution in [0.1, 0.15) is 11.1 Å². The molecule has 0 unspecified atom stereocenters. The Morgan fingerprint density at radius 3 is 2.40 bits per heavy atom. The zero-order valence-electron chi connectivity index (χ0n) is 20.1.